The van der Waals surface area contributed by atoms with Gasteiger partial charge in [0.25, 0.3) is 0 Å². The molecule has 3 N–H and O–H groups in total. The van der Waals surface area contributed by atoms with Crippen molar-refractivity contribution in [3.63, 3.8) is 0 Å². The summed E-state index contributed by atoms with van der Waals surface area (Å²) in [6.07, 6.45) is 2.67. The van der Waals surface area contributed by atoms with E-state index in [9.17, 15) is 18.7 Å². The molecule has 0 bridgehead atoms. The molecule has 0 spiro atoms. The number of benzene rings is 4. The van der Waals surface area contributed by atoms with Crippen LogP contribution in [0.15, 0.2) is 73.3 Å². The normalized spacial score (nSPS) is 10.4. The highest BCUT2D eigenvalue weighted by atomic mass is 35.5. The molecule has 0 saturated carbocycles. The molecule has 0 amide bonds. The van der Waals surface area contributed by atoms with E-state index in [0.717, 1.165) is 0 Å². The van der Waals surface area contributed by atoms with Crippen molar-refractivity contribution in [2.45, 2.75) is 6.92 Å². The van der Waals surface area contributed by atoms with Crippen LogP contribution < -0.4 is 24.8 Å². The van der Waals surface area contributed by atoms with Gasteiger partial charge in [0, 0.05) is 29.8 Å². The Labute approximate surface area is 288 Å². The van der Waals surface area contributed by atoms with Crippen molar-refractivity contribution in [2.24, 2.45) is 0 Å². The standard InChI is InChI=1S/C17H13ClFN3O3.C15H11ClFN3O2.ClH/c1-9(23)25-15-6-10-13(7-14(15)24-2)20-8-21-17(10)22-12-5-3-4-11(18)16(12)19;1-22-13-6-11-8(5-12(13)21)15(19-7-18-11)20-10-4-2-3-9(16)14(10)17;/h3-8H,1-2H3,(H,20,21,22);2-7,21H,1H3,(H,18,19,20);1H. The highest BCUT2D eigenvalue weighted by Crippen LogP contribution is 2.36. The van der Waals surface area contributed by atoms with E-state index in [1.54, 1.807) is 36.4 Å². The molecule has 48 heavy (non-hydrogen) atoms. The number of esters is 1. The van der Waals surface area contributed by atoms with E-state index in [1.165, 1.54) is 58.1 Å². The van der Waals surface area contributed by atoms with Gasteiger partial charge in [0.1, 0.15) is 24.3 Å². The Kier molecular flexibility index (Phi) is 11.5. The average molecular weight is 718 g/mol. The molecule has 0 aliphatic carbocycles. The quantitative estimate of drug-likeness (QED) is 0.108. The van der Waals surface area contributed by atoms with Crippen LogP contribution in [0.5, 0.6) is 23.0 Å². The monoisotopic (exact) mass is 716 g/mol. The van der Waals surface area contributed by atoms with E-state index in [1.807, 2.05) is 0 Å². The molecular formula is C32H25Cl3F2N6O5. The van der Waals surface area contributed by atoms with Crippen LogP contribution in [0.2, 0.25) is 10.0 Å². The number of phenols is 1. The minimum atomic E-state index is -0.593. The molecule has 0 saturated heterocycles. The smallest absolute Gasteiger partial charge is 0.308 e. The maximum Gasteiger partial charge on any atom is 0.308 e. The Balaban J connectivity index is 0.000000214. The molecule has 0 atom stereocenters. The number of nitrogens with one attached hydrogen (secondary N) is 2. The molecule has 2 aromatic heterocycles. The van der Waals surface area contributed by atoms with Gasteiger partial charge in [-0.05, 0) is 36.4 Å². The number of carbonyl (C=O) groups excluding carboxylic acids is 1. The minimum Gasteiger partial charge on any atom is -0.504 e. The fourth-order valence-electron chi connectivity index (χ4n) is 4.35. The van der Waals surface area contributed by atoms with Gasteiger partial charge in [-0.25, -0.2) is 28.7 Å². The zero-order chi connectivity index (χ0) is 33.7. The highest BCUT2D eigenvalue weighted by Gasteiger charge is 2.15. The van der Waals surface area contributed by atoms with Gasteiger partial charge in [-0.3, -0.25) is 4.79 Å². The van der Waals surface area contributed by atoms with Crippen LogP contribution in [-0.2, 0) is 4.79 Å². The first-order valence-electron chi connectivity index (χ1n) is 13.5. The molecule has 11 nitrogen and oxygen atoms in total. The zero-order valence-electron chi connectivity index (χ0n) is 25.2. The van der Waals surface area contributed by atoms with Crippen molar-refractivity contribution in [3.05, 3.63) is 95.0 Å². The number of hydrogen-bond donors (Lipinski definition) is 3. The third kappa shape index (κ3) is 7.82. The van der Waals surface area contributed by atoms with Gasteiger partial charge < -0.3 is 30.0 Å². The molecule has 0 aliphatic rings. The zero-order valence-corrected chi connectivity index (χ0v) is 27.5. The first-order chi connectivity index (χ1) is 22.6. The van der Waals surface area contributed by atoms with Gasteiger partial charge in [0.15, 0.2) is 34.6 Å². The first-order valence-corrected chi connectivity index (χ1v) is 14.3. The molecule has 2 heterocycles. The van der Waals surface area contributed by atoms with E-state index in [4.69, 9.17) is 37.4 Å². The van der Waals surface area contributed by atoms with Crippen LogP contribution in [0.3, 0.4) is 0 Å². The van der Waals surface area contributed by atoms with Crippen LogP contribution in [0.1, 0.15) is 6.92 Å². The number of methoxy groups -OCH3 is 2. The predicted octanol–water partition coefficient (Wildman–Crippen LogP) is 8.40. The number of phenolic OH excluding ortho intramolecular Hbond substituents is 1. The Morgan fingerprint density at radius 1 is 0.729 bits per heavy atom. The molecule has 0 radical (unpaired) electrons. The Bertz CT molecular complexity index is 2130. The summed E-state index contributed by atoms with van der Waals surface area (Å²) in [4.78, 5) is 27.8. The summed E-state index contributed by atoms with van der Waals surface area (Å²) < 4.78 is 43.5. The summed E-state index contributed by atoms with van der Waals surface area (Å²) in [5.41, 5.74) is 1.43. The second-order valence-corrected chi connectivity index (χ2v) is 10.4. The first kappa shape index (κ1) is 35.6. The third-order valence-corrected chi connectivity index (χ3v) is 7.10. The number of aromatic nitrogens is 4. The summed E-state index contributed by atoms with van der Waals surface area (Å²) in [6.45, 7) is 1.28. The van der Waals surface area contributed by atoms with Crippen LogP contribution in [0, 0.1) is 11.6 Å². The van der Waals surface area contributed by atoms with Gasteiger partial charge in [0.05, 0.1) is 46.7 Å². The minimum absolute atomic E-state index is 0. The van der Waals surface area contributed by atoms with Crippen molar-refractivity contribution < 1.29 is 32.9 Å². The lowest BCUT2D eigenvalue weighted by atomic mass is 10.2. The van der Waals surface area contributed by atoms with Gasteiger partial charge in [-0.1, -0.05) is 35.3 Å². The van der Waals surface area contributed by atoms with E-state index >= 15 is 0 Å². The number of anilines is 4. The van der Waals surface area contributed by atoms with Crippen molar-refractivity contribution in [1.29, 1.82) is 0 Å². The van der Waals surface area contributed by atoms with E-state index < -0.39 is 17.6 Å². The summed E-state index contributed by atoms with van der Waals surface area (Å²) >= 11 is 11.6. The van der Waals surface area contributed by atoms with Crippen LogP contribution in [0.25, 0.3) is 21.8 Å². The summed E-state index contributed by atoms with van der Waals surface area (Å²) in [6, 6.07) is 15.4. The molecule has 16 heteroatoms. The molecule has 248 valence electrons. The molecule has 6 aromatic rings. The van der Waals surface area contributed by atoms with Gasteiger partial charge in [-0.15, -0.1) is 12.4 Å². The number of ether oxygens (including phenoxy) is 3. The fraction of sp³-hybridized carbons (Fsp3) is 0.0938. The van der Waals surface area contributed by atoms with Crippen LogP contribution in [-0.4, -0.2) is 45.2 Å². The van der Waals surface area contributed by atoms with Crippen molar-refractivity contribution in [3.8, 4) is 23.0 Å². The summed E-state index contributed by atoms with van der Waals surface area (Å²) in [5, 5.41) is 16.7. The summed E-state index contributed by atoms with van der Waals surface area (Å²) in [7, 11) is 2.90. The van der Waals surface area contributed by atoms with Gasteiger partial charge in [0.2, 0.25) is 0 Å². The van der Waals surface area contributed by atoms with Crippen molar-refractivity contribution in [2.75, 3.05) is 24.9 Å². The van der Waals surface area contributed by atoms with Gasteiger partial charge >= 0.3 is 5.97 Å². The Morgan fingerprint density at radius 3 is 1.69 bits per heavy atom. The largest absolute Gasteiger partial charge is 0.504 e. The van der Waals surface area contributed by atoms with Crippen molar-refractivity contribution >= 4 is 86.4 Å². The topological polar surface area (TPSA) is 141 Å². The number of hydrogen-bond acceptors (Lipinski definition) is 11. The molecule has 0 fully saturated rings. The molecule has 6 rings (SSSR count). The second kappa shape index (κ2) is 15.6. The van der Waals surface area contributed by atoms with Crippen LogP contribution in [0.4, 0.5) is 31.8 Å². The lowest BCUT2D eigenvalue weighted by molar-refractivity contribution is -0.132. The molecule has 4 aromatic carbocycles. The highest BCUT2D eigenvalue weighted by molar-refractivity contribution is 6.31. The van der Waals surface area contributed by atoms with E-state index in [-0.39, 0.29) is 45.3 Å². The predicted molar refractivity (Wildman–Crippen MR) is 182 cm³/mol. The third-order valence-electron chi connectivity index (χ3n) is 6.52. The van der Waals surface area contributed by atoms with Gasteiger partial charge in [-0.2, -0.15) is 0 Å². The number of carbonyl (C=O) groups is 1. The van der Waals surface area contributed by atoms with E-state index in [2.05, 4.69) is 30.6 Å². The number of nitrogens with zero attached hydrogens (tertiary/aromatic N) is 4. The molecule has 0 aliphatic heterocycles. The number of aromatic hydroxyl groups is 1. The number of fused-ring (bicyclic) bond motifs is 2. The molecular weight excluding hydrogens is 693 g/mol. The maximum absolute atomic E-state index is 14.1. The molecule has 0 unspecified atom stereocenters. The lowest BCUT2D eigenvalue weighted by Gasteiger charge is -2.13. The van der Waals surface area contributed by atoms with Crippen molar-refractivity contribution in [1.82, 2.24) is 19.9 Å². The lowest BCUT2D eigenvalue weighted by Crippen LogP contribution is -2.04. The maximum atomic E-state index is 14.1. The number of rotatable bonds is 7. The fourth-order valence-corrected chi connectivity index (χ4v) is 4.70. The van der Waals surface area contributed by atoms with E-state index in [0.29, 0.717) is 44.9 Å². The average Bonchev–Trinajstić information content (AvgIpc) is 3.05. The Hall–Kier alpha value is -5.24. The van der Waals surface area contributed by atoms with Crippen LogP contribution >= 0.6 is 35.6 Å². The SMILES string of the molecule is COc1cc2ncnc(Nc3cccc(Cl)c3F)c2cc1O.COc1cc2ncnc(Nc3cccc(Cl)c3F)c2cc1OC(C)=O.Cl. The summed E-state index contributed by atoms with van der Waals surface area (Å²) in [5.74, 6) is -0.173. The number of halogens is 5. The Morgan fingerprint density at radius 2 is 1.21 bits per heavy atom. The second-order valence-electron chi connectivity index (χ2n) is 9.55.